The molecular weight excluding hydrogens is 224 g/mol. The van der Waals surface area contributed by atoms with Gasteiger partial charge in [-0.05, 0) is 19.3 Å². The Labute approximate surface area is 99.5 Å². The van der Waals surface area contributed by atoms with Crippen molar-refractivity contribution in [1.82, 2.24) is 10.2 Å². The molecule has 0 radical (unpaired) electrons. The van der Waals surface area contributed by atoms with E-state index in [2.05, 4.69) is 29.4 Å². The first kappa shape index (κ1) is 13.1. The van der Waals surface area contributed by atoms with Gasteiger partial charge in [-0.25, -0.2) is 0 Å². The second kappa shape index (κ2) is 5.91. The van der Waals surface area contributed by atoms with Crippen molar-refractivity contribution in [3.8, 4) is 0 Å². The van der Waals surface area contributed by atoms with E-state index >= 15 is 0 Å². The number of hydrogen-bond acceptors (Lipinski definition) is 5. The minimum Gasteiger partial charge on any atom is -0.330 e. The van der Waals surface area contributed by atoms with Crippen LogP contribution in [0.15, 0.2) is 0 Å². The Morgan fingerprint density at radius 2 is 2.19 bits per heavy atom. The molecule has 0 aromatic carbocycles. The minimum absolute atomic E-state index is 0.0626. The SMILES string of the molecule is Cc1nnc(NC(=O)C(CN)CC(C)C)s1. The predicted molar refractivity (Wildman–Crippen MR) is 65.3 cm³/mol. The molecule has 1 atom stereocenters. The molecule has 0 saturated carbocycles. The normalized spacial score (nSPS) is 12.8. The molecule has 3 N–H and O–H groups in total. The number of nitrogens with zero attached hydrogens (tertiary/aromatic N) is 2. The molecule has 1 rings (SSSR count). The number of carbonyl (C=O) groups excluding carboxylic acids is 1. The van der Waals surface area contributed by atoms with Crippen LogP contribution in [0.25, 0.3) is 0 Å². The minimum atomic E-state index is -0.149. The molecule has 1 aromatic rings. The van der Waals surface area contributed by atoms with E-state index in [4.69, 9.17) is 5.73 Å². The third-order valence-corrected chi connectivity index (χ3v) is 2.92. The van der Waals surface area contributed by atoms with Crippen molar-refractivity contribution in [2.24, 2.45) is 17.6 Å². The Morgan fingerprint density at radius 3 is 2.62 bits per heavy atom. The molecule has 0 saturated heterocycles. The molecular formula is C10H18N4OS. The zero-order valence-corrected chi connectivity index (χ0v) is 10.7. The number of amides is 1. The maximum absolute atomic E-state index is 11.8. The lowest BCUT2D eigenvalue weighted by atomic mass is 9.96. The summed E-state index contributed by atoms with van der Waals surface area (Å²) >= 11 is 1.37. The molecule has 1 unspecified atom stereocenters. The largest absolute Gasteiger partial charge is 0.330 e. The summed E-state index contributed by atoms with van der Waals surface area (Å²) in [6.45, 7) is 6.36. The van der Waals surface area contributed by atoms with E-state index in [-0.39, 0.29) is 11.8 Å². The smallest absolute Gasteiger partial charge is 0.230 e. The average Bonchev–Trinajstić information content (AvgIpc) is 2.60. The molecule has 90 valence electrons. The van der Waals surface area contributed by atoms with Crippen molar-refractivity contribution in [1.29, 1.82) is 0 Å². The molecule has 0 spiro atoms. The van der Waals surface area contributed by atoms with Gasteiger partial charge in [0.15, 0.2) is 0 Å². The predicted octanol–water partition coefficient (Wildman–Crippen LogP) is 1.41. The Balaban J connectivity index is 2.55. The Hall–Kier alpha value is -1.01. The molecule has 0 aliphatic heterocycles. The van der Waals surface area contributed by atoms with E-state index in [1.54, 1.807) is 0 Å². The van der Waals surface area contributed by atoms with Crippen LogP contribution in [0.3, 0.4) is 0 Å². The van der Waals surface area contributed by atoms with Crippen LogP contribution < -0.4 is 11.1 Å². The molecule has 6 heteroatoms. The van der Waals surface area contributed by atoms with Gasteiger partial charge in [0.1, 0.15) is 5.01 Å². The number of carbonyl (C=O) groups is 1. The molecule has 0 bridgehead atoms. The highest BCUT2D eigenvalue weighted by Crippen LogP contribution is 2.17. The lowest BCUT2D eigenvalue weighted by Gasteiger charge is -2.15. The summed E-state index contributed by atoms with van der Waals surface area (Å²) in [6, 6.07) is 0. The summed E-state index contributed by atoms with van der Waals surface area (Å²) in [5.41, 5.74) is 5.59. The van der Waals surface area contributed by atoms with Crippen LogP contribution in [0.1, 0.15) is 25.3 Å². The topological polar surface area (TPSA) is 80.9 Å². The summed E-state index contributed by atoms with van der Waals surface area (Å²) in [7, 11) is 0. The highest BCUT2D eigenvalue weighted by molar-refractivity contribution is 7.15. The maximum atomic E-state index is 11.8. The number of nitrogens with two attached hydrogens (primary N) is 1. The molecule has 1 amide bonds. The van der Waals surface area contributed by atoms with Gasteiger partial charge in [0, 0.05) is 6.54 Å². The summed E-state index contributed by atoms with van der Waals surface area (Å²) in [5.74, 6) is 0.243. The zero-order chi connectivity index (χ0) is 12.1. The molecule has 0 fully saturated rings. The van der Waals surface area contributed by atoms with Gasteiger partial charge >= 0.3 is 0 Å². The van der Waals surface area contributed by atoms with Crippen molar-refractivity contribution >= 4 is 22.4 Å². The summed E-state index contributed by atoms with van der Waals surface area (Å²) < 4.78 is 0. The fourth-order valence-corrected chi connectivity index (χ4v) is 2.03. The Kier molecular flexibility index (Phi) is 4.82. The van der Waals surface area contributed by atoms with Gasteiger partial charge in [0.2, 0.25) is 11.0 Å². The molecule has 1 heterocycles. The maximum Gasteiger partial charge on any atom is 0.230 e. The van der Waals surface area contributed by atoms with E-state index in [0.717, 1.165) is 11.4 Å². The highest BCUT2D eigenvalue weighted by Gasteiger charge is 2.19. The third kappa shape index (κ3) is 3.86. The fourth-order valence-electron chi connectivity index (χ4n) is 1.43. The van der Waals surface area contributed by atoms with E-state index in [0.29, 0.717) is 17.6 Å². The highest BCUT2D eigenvalue weighted by atomic mass is 32.1. The van der Waals surface area contributed by atoms with Crippen LogP contribution in [0, 0.1) is 18.8 Å². The molecule has 1 aromatic heterocycles. The summed E-state index contributed by atoms with van der Waals surface area (Å²) in [5, 5.41) is 11.8. The third-order valence-electron chi connectivity index (χ3n) is 2.17. The quantitative estimate of drug-likeness (QED) is 0.818. The Bertz CT molecular complexity index is 350. The average molecular weight is 242 g/mol. The fraction of sp³-hybridized carbons (Fsp3) is 0.700. The molecule has 5 nitrogen and oxygen atoms in total. The second-order valence-electron chi connectivity index (χ2n) is 4.18. The van der Waals surface area contributed by atoms with Crippen LogP contribution >= 0.6 is 11.3 Å². The zero-order valence-electron chi connectivity index (χ0n) is 9.86. The first-order chi connectivity index (χ1) is 7.52. The van der Waals surface area contributed by atoms with Gasteiger partial charge in [0.05, 0.1) is 5.92 Å². The Morgan fingerprint density at radius 1 is 1.50 bits per heavy atom. The number of nitrogens with one attached hydrogen (secondary N) is 1. The van der Waals surface area contributed by atoms with Gasteiger partial charge in [-0.3, -0.25) is 4.79 Å². The van der Waals surface area contributed by atoms with Crippen LogP contribution in [0.2, 0.25) is 0 Å². The van der Waals surface area contributed by atoms with Gasteiger partial charge in [-0.1, -0.05) is 25.2 Å². The summed E-state index contributed by atoms with van der Waals surface area (Å²) in [4.78, 5) is 11.8. The molecule has 0 aliphatic carbocycles. The van der Waals surface area contributed by atoms with E-state index in [9.17, 15) is 4.79 Å². The number of anilines is 1. The van der Waals surface area contributed by atoms with Crippen molar-refractivity contribution < 1.29 is 4.79 Å². The second-order valence-corrected chi connectivity index (χ2v) is 5.36. The van der Waals surface area contributed by atoms with E-state index in [1.165, 1.54) is 11.3 Å². The van der Waals surface area contributed by atoms with Crippen LogP contribution in [-0.2, 0) is 4.79 Å². The summed E-state index contributed by atoms with van der Waals surface area (Å²) in [6.07, 6.45) is 0.792. The molecule has 16 heavy (non-hydrogen) atoms. The van der Waals surface area contributed by atoms with Crippen molar-refractivity contribution in [2.75, 3.05) is 11.9 Å². The van der Waals surface area contributed by atoms with Gasteiger partial charge in [-0.2, -0.15) is 0 Å². The van der Waals surface area contributed by atoms with Crippen molar-refractivity contribution in [3.05, 3.63) is 5.01 Å². The first-order valence-corrected chi connectivity index (χ1v) is 6.15. The van der Waals surface area contributed by atoms with Crippen LogP contribution in [0.5, 0.6) is 0 Å². The number of hydrogen-bond donors (Lipinski definition) is 2. The first-order valence-electron chi connectivity index (χ1n) is 5.34. The monoisotopic (exact) mass is 242 g/mol. The van der Waals surface area contributed by atoms with Gasteiger partial charge in [-0.15, -0.1) is 10.2 Å². The number of aryl methyl sites for hydroxylation is 1. The van der Waals surface area contributed by atoms with Crippen molar-refractivity contribution in [3.63, 3.8) is 0 Å². The van der Waals surface area contributed by atoms with Crippen LogP contribution in [0.4, 0.5) is 5.13 Å². The lowest BCUT2D eigenvalue weighted by Crippen LogP contribution is -2.30. The van der Waals surface area contributed by atoms with E-state index < -0.39 is 0 Å². The molecule has 0 aliphatic rings. The standard InChI is InChI=1S/C10H18N4OS/c1-6(2)4-8(5-11)9(15)12-10-14-13-7(3)16-10/h6,8H,4-5,11H2,1-3H3,(H,12,14,15). The number of rotatable bonds is 5. The lowest BCUT2D eigenvalue weighted by molar-refractivity contribution is -0.120. The van der Waals surface area contributed by atoms with Gasteiger partial charge < -0.3 is 11.1 Å². The van der Waals surface area contributed by atoms with Gasteiger partial charge in [0.25, 0.3) is 0 Å². The van der Waals surface area contributed by atoms with Crippen LogP contribution in [-0.4, -0.2) is 22.6 Å². The van der Waals surface area contributed by atoms with E-state index in [1.807, 2.05) is 6.92 Å². The number of aromatic nitrogens is 2. The van der Waals surface area contributed by atoms with Crippen molar-refractivity contribution in [2.45, 2.75) is 27.2 Å².